The first-order chi connectivity index (χ1) is 16.7. The van der Waals surface area contributed by atoms with E-state index in [1.807, 2.05) is 67.0 Å². The highest BCUT2D eigenvalue weighted by Gasteiger charge is 2.40. The molecule has 3 N–H and O–H groups in total. The maximum absolute atomic E-state index is 9.75. The molecule has 0 radical (unpaired) electrons. The molecule has 2 atom stereocenters. The zero-order valence-corrected chi connectivity index (χ0v) is 19.5. The molecule has 2 aromatic heterocycles. The molecule has 1 aliphatic heterocycles. The Balaban J connectivity index is 1.42. The van der Waals surface area contributed by atoms with E-state index in [9.17, 15) is 5.11 Å². The smallest absolute Gasteiger partial charge is 0.170 e. The van der Waals surface area contributed by atoms with Gasteiger partial charge in [0.05, 0.1) is 17.8 Å². The van der Waals surface area contributed by atoms with Gasteiger partial charge in [-0.25, -0.2) is 0 Å². The summed E-state index contributed by atoms with van der Waals surface area (Å²) in [7, 11) is 0. The quantitative estimate of drug-likeness (QED) is 0.248. The Morgan fingerprint density at radius 3 is 2.50 bits per heavy atom. The lowest BCUT2D eigenvalue weighted by atomic mass is 10.0. The SMILES string of the molecule is Oc1ccc(-n2cccc2[C@@H]2[C@H](c3ccccn3)NC(=S)N2CCCNc2ccccc2)cc1. The lowest BCUT2D eigenvalue weighted by Crippen LogP contribution is -2.32. The van der Waals surface area contributed by atoms with Gasteiger partial charge >= 0.3 is 0 Å². The van der Waals surface area contributed by atoms with Crippen LogP contribution in [0.1, 0.15) is 29.9 Å². The molecular formula is C27H27N5OS. The molecule has 7 heteroatoms. The van der Waals surface area contributed by atoms with E-state index in [1.54, 1.807) is 12.1 Å². The number of benzene rings is 2. The summed E-state index contributed by atoms with van der Waals surface area (Å²) < 4.78 is 2.16. The molecule has 34 heavy (non-hydrogen) atoms. The van der Waals surface area contributed by atoms with Crippen LogP contribution < -0.4 is 10.6 Å². The Morgan fingerprint density at radius 1 is 0.941 bits per heavy atom. The number of hydrogen-bond acceptors (Lipinski definition) is 4. The van der Waals surface area contributed by atoms with Gasteiger partial charge in [-0.15, -0.1) is 0 Å². The Labute approximate surface area is 204 Å². The number of para-hydroxylation sites is 1. The first-order valence-electron chi connectivity index (χ1n) is 11.4. The van der Waals surface area contributed by atoms with Crippen LogP contribution in [0.25, 0.3) is 5.69 Å². The van der Waals surface area contributed by atoms with E-state index in [0.29, 0.717) is 0 Å². The van der Waals surface area contributed by atoms with Crippen LogP contribution in [0.5, 0.6) is 5.75 Å². The number of anilines is 1. The number of pyridine rings is 1. The summed E-state index contributed by atoms with van der Waals surface area (Å²) in [6, 6.07) is 27.6. The van der Waals surface area contributed by atoms with Gasteiger partial charge < -0.3 is 25.2 Å². The monoisotopic (exact) mass is 469 g/mol. The average molecular weight is 470 g/mol. The lowest BCUT2D eigenvalue weighted by molar-refractivity contribution is 0.307. The Morgan fingerprint density at radius 2 is 1.74 bits per heavy atom. The maximum atomic E-state index is 9.75. The van der Waals surface area contributed by atoms with Crippen molar-refractivity contribution in [2.75, 3.05) is 18.4 Å². The average Bonchev–Trinajstić information content (AvgIpc) is 3.48. The fourth-order valence-corrected chi connectivity index (χ4v) is 4.82. The molecular weight excluding hydrogens is 442 g/mol. The molecule has 1 saturated heterocycles. The molecule has 4 aromatic rings. The van der Waals surface area contributed by atoms with Gasteiger partial charge in [-0.3, -0.25) is 4.98 Å². The fraction of sp³-hybridized carbons (Fsp3) is 0.185. The molecule has 3 heterocycles. The Bertz CT molecular complexity index is 1230. The highest BCUT2D eigenvalue weighted by Crippen LogP contribution is 2.39. The molecule has 1 fully saturated rings. The topological polar surface area (TPSA) is 65.3 Å². The van der Waals surface area contributed by atoms with E-state index in [2.05, 4.69) is 43.3 Å². The predicted octanol–water partition coefficient (Wildman–Crippen LogP) is 5.05. The summed E-state index contributed by atoms with van der Waals surface area (Å²) in [6.45, 7) is 1.66. The normalized spacial score (nSPS) is 17.5. The van der Waals surface area contributed by atoms with Crippen LogP contribution in [0.2, 0.25) is 0 Å². The van der Waals surface area contributed by atoms with Crippen LogP contribution in [0.15, 0.2) is 97.3 Å². The number of phenolic OH excluding ortho intramolecular Hbond substituents is 1. The van der Waals surface area contributed by atoms with Gasteiger partial charge in [-0.05, 0) is 79.3 Å². The van der Waals surface area contributed by atoms with Crippen molar-refractivity contribution in [3.63, 3.8) is 0 Å². The van der Waals surface area contributed by atoms with E-state index in [1.165, 1.54) is 0 Å². The van der Waals surface area contributed by atoms with Crippen molar-refractivity contribution in [2.24, 2.45) is 0 Å². The zero-order valence-electron chi connectivity index (χ0n) is 18.7. The molecule has 0 aliphatic carbocycles. The third kappa shape index (κ3) is 4.61. The molecule has 2 aromatic carbocycles. The van der Waals surface area contributed by atoms with Crippen LogP contribution >= 0.6 is 12.2 Å². The van der Waals surface area contributed by atoms with E-state index in [0.717, 1.165) is 47.4 Å². The summed E-state index contributed by atoms with van der Waals surface area (Å²) in [5.41, 5.74) is 4.18. The molecule has 0 saturated carbocycles. The summed E-state index contributed by atoms with van der Waals surface area (Å²) in [5, 5.41) is 17.5. The number of rotatable bonds is 8. The molecule has 5 rings (SSSR count). The van der Waals surface area contributed by atoms with Gasteiger partial charge in [0, 0.05) is 42.6 Å². The van der Waals surface area contributed by atoms with Crippen LogP contribution in [-0.4, -0.2) is 37.8 Å². The second-order valence-electron chi connectivity index (χ2n) is 8.29. The lowest BCUT2D eigenvalue weighted by Gasteiger charge is -2.29. The summed E-state index contributed by atoms with van der Waals surface area (Å²) in [5.74, 6) is 0.250. The van der Waals surface area contributed by atoms with Gasteiger partial charge in [0.25, 0.3) is 0 Å². The van der Waals surface area contributed by atoms with E-state index in [4.69, 9.17) is 12.2 Å². The second kappa shape index (κ2) is 9.97. The van der Waals surface area contributed by atoms with Crippen molar-refractivity contribution in [1.82, 2.24) is 19.8 Å². The van der Waals surface area contributed by atoms with Gasteiger partial charge in [0.1, 0.15) is 5.75 Å². The first kappa shape index (κ1) is 22.0. The van der Waals surface area contributed by atoms with Crippen molar-refractivity contribution >= 4 is 23.0 Å². The molecule has 0 unspecified atom stereocenters. The van der Waals surface area contributed by atoms with Gasteiger partial charge in [0.15, 0.2) is 5.11 Å². The number of hydrogen-bond donors (Lipinski definition) is 3. The summed E-state index contributed by atoms with van der Waals surface area (Å²) in [6.07, 6.45) is 4.80. The fourth-order valence-electron chi connectivity index (χ4n) is 4.49. The molecule has 0 spiro atoms. The van der Waals surface area contributed by atoms with Crippen molar-refractivity contribution in [2.45, 2.75) is 18.5 Å². The maximum Gasteiger partial charge on any atom is 0.170 e. The predicted molar refractivity (Wildman–Crippen MR) is 139 cm³/mol. The van der Waals surface area contributed by atoms with E-state index < -0.39 is 0 Å². The van der Waals surface area contributed by atoms with Gasteiger partial charge in [-0.1, -0.05) is 24.3 Å². The minimum absolute atomic E-state index is 0.0251. The number of aromatic nitrogens is 2. The molecule has 0 amide bonds. The Hall–Kier alpha value is -3.84. The molecule has 6 nitrogen and oxygen atoms in total. The van der Waals surface area contributed by atoms with Gasteiger partial charge in [0.2, 0.25) is 0 Å². The van der Waals surface area contributed by atoms with Gasteiger partial charge in [-0.2, -0.15) is 0 Å². The number of nitrogens with zero attached hydrogens (tertiary/aromatic N) is 3. The van der Waals surface area contributed by atoms with Crippen LogP contribution in [0.4, 0.5) is 5.69 Å². The first-order valence-corrected chi connectivity index (χ1v) is 11.9. The summed E-state index contributed by atoms with van der Waals surface area (Å²) >= 11 is 5.81. The van der Waals surface area contributed by atoms with Crippen molar-refractivity contribution < 1.29 is 5.11 Å². The second-order valence-corrected chi connectivity index (χ2v) is 8.67. The van der Waals surface area contributed by atoms with Crippen molar-refractivity contribution in [1.29, 1.82) is 0 Å². The third-order valence-corrected chi connectivity index (χ3v) is 6.44. The molecule has 0 bridgehead atoms. The third-order valence-electron chi connectivity index (χ3n) is 6.09. The standard InChI is InChI=1S/C27H27N5OS/c33-22-14-12-21(13-15-22)31-18-6-11-24(31)26-25(23-10-4-5-16-29-23)30-27(34)32(26)19-7-17-28-20-8-2-1-3-9-20/h1-6,8-16,18,25-26,28,33H,7,17,19H2,(H,30,34)/t25-,26+/m0/s1. The minimum atomic E-state index is -0.0680. The largest absolute Gasteiger partial charge is 0.508 e. The van der Waals surface area contributed by atoms with E-state index in [-0.39, 0.29) is 17.8 Å². The number of thiocarbonyl (C=S) groups is 1. The highest BCUT2D eigenvalue weighted by molar-refractivity contribution is 7.80. The zero-order chi connectivity index (χ0) is 23.3. The molecule has 172 valence electrons. The van der Waals surface area contributed by atoms with Crippen LogP contribution in [0.3, 0.4) is 0 Å². The van der Waals surface area contributed by atoms with E-state index >= 15 is 0 Å². The summed E-state index contributed by atoms with van der Waals surface area (Å²) in [4.78, 5) is 6.91. The minimum Gasteiger partial charge on any atom is -0.508 e. The molecule has 1 aliphatic rings. The van der Waals surface area contributed by atoms with Crippen molar-refractivity contribution in [3.8, 4) is 11.4 Å². The van der Waals surface area contributed by atoms with Crippen molar-refractivity contribution in [3.05, 3.63) is 109 Å². The Kier molecular flexibility index (Phi) is 6.44. The number of phenols is 1. The number of aromatic hydroxyl groups is 1. The van der Waals surface area contributed by atoms with Crippen LogP contribution in [-0.2, 0) is 0 Å². The number of nitrogens with one attached hydrogen (secondary N) is 2. The highest BCUT2D eigenvalue weighted by atomic mass is 32.1. The van der Waals surface area contributed by atoms with Crippen LogP contribution in [0, 0.1) is 0 Å².